The minimum Gasteiger partial charge on any atom is -0.376 e. The van der Waals surface area contributed by atoms with Crippen LogP contribution >= 0.6 is 0 Å². The van der Waals surface area contributed by atoms with Crippen LogP contribution in [0.2, 0.25) is 0 Å². The molecule has 2 fully saturated rings. The third-order valence-electron chi connectivity index (χ3n) is 5.33. The van der Waals surface area contributed by atoms with E-state index < -0.39 is 0 Å². The van der Waals surface area contributed by atoms with Crippen molar-refractivity contribution in [2.45, 2.75) is 50.9 Å². The number of nitrogens with one attached hydrogen (secondary N) is 3. The van der Waals surface area contributed by atoms with Gasteiger partial charge in [-0.3, -0.25) is 4.79 Å². The van der Waals surface area contributed by atoms with Crippen molar-refractivity contribution in [2.24, 2.45) is 0 Å². The average Bonchev–Trinajstić information content (AvgIpc) is 3.59. The molecular weight excluding hydrogens is 394 g/mol. The second-order valence-electron chi connectivity index (χ2n) is 8.11. The quantitative estimate of drug-likeness (QED) is 0.590. The van der Waals surface area contributed by atoms with E-state index in [9.17, 15) is 9.59 Å². The molecule has 1 saturated carbocycles. The molecule has 7 nitrogen and oxygen atoms in total. The molecule has 3 N–H and O–H groups in total. The molecule has 1 aliphatic heterocycles. The topological polar surface area (TPSA) is 88.7 Å². The highest BCUT2D eigenvalue weighted by atomic mass is 16.5. The second kappa shape index (κ2) is 10.4. The van der Waals surface area contributed by atoms with E-state index in [0.29, 0.717) is 30.2 Å². The fraction of sp³-hybridized carbons (Fsp3) is 0.417. The van der Waals surface area contributed by atoms with Crippen LogP contribution in [-0.2, 0) is 16.1 Å². The largest absolute Gasteiger partial charge is 0.376 e. The van der Waals surface area contributed by atoms with Crippen LogP contribution in [0, 0.1) is 0 Å². The summed E-state index contributed by atoms with van der Waals surface area (Å²) in [7, 11) is 0. The Hall–Kier alpha value is -2.90. The van der Waals surface area contributed by atoms with Gasteiger partial charge in [-0.1, -0.05) is 18.2 Å². The molecule has 164 valence electrons. The molecule has 1 aliphatic carbocycles. The summed E-state index contributed by atoms with van der Waals surface area (Å²) >= 11 is 0. The van der Waals surface area contributed by atoms with Crippen LogP contribution in [0.3, 0.4) is 0 Å². The lowest BCUT2D eigenvalue weighted by Gasteiger charge is -2.22. The maximum Gasteiger partial charge on any atom is 0.319 e. The Balaban J connectivity index is 1.29. The van der Waals surface area contributed by atoms with E-state index in [0.717, 1.165) is 37.9 Å². The summed E-state index contributed by atoms with van der Waals surface area (Å²) in [5.41, 5.74) is 2.74. The lowest BCUT2D eigenvalue weighted by atomic mass is 10.1. The van der Waals surface area contributed by atoms with Crippen molar-refractivity contribution in [3.63, 3.8) is 0 Å². The molecule has 3 amide bonds. The first-order valence-corrected chi connectivity index (χ1v) is 10.9. The molecule has 1 atom stereocenters. The average molecular weight is 424 g/mol. The monoisotopic (exact) mass is 423 g/mol. The highest BCUT2D eigenvalue weighted by molar-refractivity contribution is 6.05. The minimum atomic E-state index is -0.244. The maximum atomic E-state index is 12.7. The van der Waals surface area contributed by atoms with Crippen molar-refractivity contribution in [1.82, 2.24) is 5.32 Å². The van der Waals surface area contributed by atoms with Crippen LogP contribution in [0.4, 0.5) is 16.2 Å². The number of urea groups is 1. The fourth-order valence-electron chi connectivity index (χ4n) is 3.51. The van der Waals surface area contributed by atoms with Crippen LogP contribution < -0.4 is 16.0 Å². The predicted molar refractivity (Wildman–Crippen MR) is 119 cm³/mol. The molecule has 4 rings (SSSR count). The van der Waals surface area contributed by atoms with Gasteiger partial charge < -0.3 is 25.4 Å². The first-order chi connectivity index (χ1) is 15.2. The van der Waals surface area contributed by atoms with Gasteiger partial charge in [0.2, 0.25) is 0 Å². The zero-order valence-corrected chi connectivity index (χ0v) is 17.6. The highest BCUT2D eigenvalue weighted by Gasteiger charge is 2.23. The summed E-state index contributed by atoms with van der Waals surface area (Å²) in [4.78, 5) is 24.6. The van der Waals surface area contributed by atoms with Gasteiger partial charge in [-0.05, 0) is 68.0 Å². The lowest BCUT2D eigenvalue weighted by Crippen LogP contribution is -2.30. The highest BCUT2D eigenvalue weighted by Crippen LogP contribution is 2.20. The molecule has 0 spiro atoms. The van der Waals surface area contributed by atoms with Crippen molar-refractivity contribution >= 4 is 23.3 Å². The van der Waals surface area contributed by atoms with Crippen molar-refractivity contribution in [2.75, 3.05) is 23.8 Å². The molecule has 2 aromatic rings. The molecule has 2 aromatic carbocycles. The molecule has 0 aromatic heterocycles. The van der Waals surface area contributed by atoms with Crippen molar-refractivity contribution < 1.29 is 19.1 Å². The minimum absolute atomic E-state index is 0.184. The third kappa shape index (κ3) is 6.80. The van der Waals surface area contributed by atoms with Crippen molar-refractivity contribution in [3.8, 4) is 0 Å². The number of amides is 3. The van der Waals surface area contributed by atoms with Gasteiger partial charge >= 0.3 is 6.03 Å². The molecular formula is C24H29N3O4. The number of hydrogen-bond acceptors (Lipinski definition) is 4. The standard InChI is InChI=1S/C24H29N3O4/c28-23(18-6-4-8-21(14-18)27-24(29)26-19-10-11-19)25-20-7-3-5-17(13-20)15-30-16-22-9-1-2-12-31-22/h3-8,13-14,19,22H,1-2,9-12,15-16H2,(H,25,28)(H2,26,27,29). The Morgan fingerprint density at radius 1 is 0.968 bits per heavy atom. The van der Waals surface area contributed by atoms with Crippen LogP contribution in [0.1, 0.15) is 48.0 Å². The zero-order chi connectivity index (χ0) is 21.5. The van der Waals surface area contributed by atoms with E-state index in [2.05, 4.69) is 16.0 Å². The van der Waals surface area contributed by atoms with Gasteiger partial charge in [-0.2, -0.15) is 0 Å². The van der Waals surface area contributed by atoms with Crippen LogP contribution in [-0.4, -0.2) is 37.3 Å². The molecule has 1 saturated heterocycles. The van der Waals surface area contributed by atoms with E-state index in [1.165, 1.54) is 6.42 Å². The normalized spacial score (nSPS) is 18.3. The van der Waals surface area contributed by atoms with E-state index in [1.54, 1.807) is 24.3 Å². The molecule has 1 heterocycles. The number of ether oxygens (including phenoxy) is 2. The predicted octanol–water partition coefficient (Wildman–Crippen LogP) is 4.31. The Morgan fingerprint density at radius 3 is 2.55 bits per heavy atom. The number of benzene rings is 2. The SMILES string of the molecule is O=C(Nc1cccc(C(=O)Nc2cccc(COCC3CCCCO3)c2)c1)NC1CC1. The Morgan fingerprint density at radius 2 is 1.77 bits per heavy atom. The van der Waals surface area contributed by atoms with Crippen LogP contribution in [0.15, 0.2) is 48.5 Å². The summed E-state index contributed by atoms with van der Waals surface area (Å²) in [5, 5.41) is 8.55. The maximum absolute atomic E-state index is 12.7. The number of carbonyl (C=O) groups excluding carboxylic acids is 2. The van der Waals surface area contributed by atoms with E-state index in [4.69, 9.17) is 9.47 Å². The van der Waals surface area contributed by atoms with Gasteiger partial charge in [0, 0.05) is 29.6 Å². The van der Waals surface area contributed by atoms with E-state index in [1.807, 2.05) is 24.3 Å². The van der Waals surface area contributed by atoms with Gasteiger partial charge in [-0.15, -0.1) is 0 Å². The third-order valence-corrected chi connectivity index (χ3v) is 5.33. The number of anilines is 2. The summed E-state index contributed by atoms with van der Waals surface area (Å²) in [5.74, 6) is -0.236. The molecule has 31 heavy (non-hydrogen) atoms. The van der Waals surface area contributed by atoms with Crippen LogP contribution in [0.25, 0.3) is 0 Å². The molecule has 7 heteroatoms. The molecule has 1 unspecified atom stereocenters. The summed E-state index contributed by atoms with van der Waals surface area (Å²) in [6.45, 7) is 1.88. The summed E-state index contributed by atoms with van der Waals surface area (Å²) < 4.78 is 11.5. The van der Waals surface area contributed by atoms with Gasteiger partial charge in [0.15, 0.2) is 0 Å². The number of rotatable bonds is 8. The van der Waals surface area contributed by atoms with Crippen molar-refractivity contribution in [3.05, 3.63) is 59.7 Å². The first-order valence-electron chi connectivity index (χ1n) is 10.9. The molecule has 0 bridgehead atoms. The molecule has 2 aliphatic rings. The number of carbonyl (C=O) groups is 2. The van der Waals surface area contributed by atoms with Gasteiger partial charge in [0.25, 0.3) is 5.91 Å². The Bertz CT molecular complexity index is 907. The summed E-state index contributed by atoms with van der Waals surface area (Å²) in [6, 6.07) is 14.5. The smallest absolute Gasteiger partial charge is 0.319 e. The van der Waals surface area contributed by atoms with Gasteiger partial charge in [0.05, 0.1) is 19.3 Å². The van der Waals surface area contributed by atoms with Crippen molar-refractivity contribution in [1.29, 1.82) is 0 Å². The zero-order valence-electron chi connectivity index (χ0n) is 17.6. The van der Waals surface area contributed by atoms with Gasteiger partial charge in [0.1, 0.15) is 0 Å². The van der Waals surface area contributed by atoms with Gasteiger partial charge in [-0.25, -0.2) is 4.79 Å². The Kier molecular flexibility index (Phi) is 7.17. The van der Waals surface area contributed by atoms with E-state index >= 15 is 0 Å². The number of hydrogen-bond donors (Lipinski definition) is 3. The molecule has 0 radical (unpaired) electrons. The summed E-state index contributed by atoms with van der Waals surface area (Å²) in [6.07, 6.45) is 5.60. The fourth-order valence-corrected chi connectivity index (χ4v) is 3.51. The lowest BCUT2D eigenvalue weighted by molar-refractivity contribution is -0.0447. The second-order valence-corrected chi connectivity index (χ2v) is 8.11. The Labute approximate surface area is 182 Å². The van der Waals surface area contributed by atoms with E-state index in [-0.39, 0.29) is 24.1 Å². The van der Waals surface area contributed by atoms with Crippen LogP contribution in [0.5, 0.6) is 0 Å². The first kappa shape index (κ1) is 21.3.